The summed E-state index contributed by atoms with van der Waals surface area (Å²) in [6, 6.07) is 11.0. The maximum atomic E-state index is 13.2. The van der Waals surface area contributed by atoms with Gasteiger partial charge in [-0.3, -0.25) is 0 Å². The zero-order valence-electron chi connectivity index (χ0n) is 14.5. The molecule has 2 aromatic carbocycles. The molecule has 26 heavy (non-hydrogen) atoms. The molecule has 138 valence electrons. The third-order valence-corrected chi connectivity index (χ3v) is 5.87. The monoisotopic (exact) mass is 380 g/mol. The second-order valence-corrected chi connectivity index (χ2v) is 8.65. The fourth-order valence-corrected chi connectivity index (χ4v) is 4.03. The van der Waals surface area contributed by atoms with Gasteiger partial charge in [0.25, 0.3) is 0 Å². The Labute approximate surface area is 151 Å². The Morgan fingerprint density at radius 2 is 1.42 bits per heavy atom. The van der Waals surface area contributed by atoms with E-state index in [9.17, 15) is 21.6 Å². The van der Waals surface area contributed by atoms with Crippen LogP contribution in [0.5, 0.6) is 0 Å². The predicted octanol–water partition coefficient (Wildman–Crippen LogP) is 5.51. The first kappa shape index (κ1) is 18.7. The van der Waals surface area contributed by atoms with Gasteiger partial charge in [-0.15, -0.1) is 0 Å². The van der Waals surface area contributed by atoms with Crippen LogP contribution in [0.1, 0.15) is 41.5 Å². The molecule has 6 heteroatoms. The van der Waals surface area contributed by atoms with Gasteiger partial charge in [0.05, 0.1) is 10.5 Å². The van der Waals surface area contributed by atoms with Gasteiger partial charge in [0.2, 0.25) is 0 Å². The summed E-state index contributed by atoms with van der Waals surface area (Å²) in [6.07, 6.45) is -0.885. The van der Waals surface area contributed by atoms with E-state index >= 15 is 0 Å². The molecule has 0 atom stereocenters. The number of alkyl halides is 3. The number of benzene rings is 2. The van der Waals surface area contributed by atoms with Gasteiger partial charge in [0, 0.05) is 6.26 Å². The average Bonchev–Trinajstić information content (AvgIpc) is 3.03. The Morgan fingerprint density at radius 3 is 1.96 bits per heavy atom. The smallest absolute Gasteiger partial charge is 0.224 e. The van der Waals surface area contributed by atoms with Crippen molar-refractivity contribution in [3.8, 4) is 0 Å². The van der Waals surface area contributed by atoms with E-state index in [0.717, 1.165) is 35.8 Å². The Kier molecular flexibility index (Phi) is 4.73. The van der Waals surface area contributed by atoms with Crippen molar-refractivity contribution in [1.29, 1.82) is 0 Å². The zero-order valence-corrected chi connectivity index (χ0v) is 15.3. The zero-order chi connectivity index (χ0) is 19.1. The molecule has 2 nitrogen and oxygen atoms in total. The Hall–Kier alpha value is -2.08. The fourth-order valence-electron chi connectivity index (χ4n) is 3.40. The summed E-state index contributed by atoms with van der Waals surface area (Å²) in [5, 5.41) is 0. The minimum Gasteiger partial charge on any atom is -0.224 e. The molecule has 0 saturated heterocycles. The van der Waals surface area contributed by atoms with Crippen molar-refractivity contribution in [2.75, 3.05) is 6.26 Å². The van der Waals surface area contributed by atoms with Crippen molar-refractivity contribution in [3.63, 3.8) is 0 Å². The van der Waals surface area contributed by atoms with Crippen LogP contribution < -0.4 is 0 Å². The quantitative estimate of drug-likeness (QED) is 0.703. The van der Waals surface area contributed by atoms with E-state index in [1.807, 2.05) is 0 Å². The van der Waals surface area contributed by atoms with Gasteiger partial charge in [-0.1, -0.05) is 24.3 Å². The van der Waals surface area contributed by atoms with Crippen LogP contribution in [-0.2, 0) is 16.0 Å². The number of hydrogen-bond acceptors (Lipinski definition) is 2. The normalized spacial score (nSPS) is 15.6. The summed E-state index contributed by atoms with van der Waals surface area (Å²) in [4.78, 5) is 0.232. The highest BCUT2D eigenvalue weighted by atomic mass is 32.2. The average molecular weight is 380 g/mol. The van der Waals surface area contributed by atoms with Crippen LogP contribution in [0.4, 0.5) is 13.2 Å². The highest BCUT2D eigenvalue weighted by molar-refractivity contribution is 7.90. The molecule has 2 aromatic rings. The second kappa shape index (κ2) is 6.58. The molecule has 0 radical (unpaired) electrons. The van der Waals surface area contributed by atoms with Crippen molar-refractivity contribution in [2.45, 2.75) is 37.3 Å². The van der Waals surface area contributed by atoms with Gasteiger partial charge < -0.3 is 0 Å². The van der Waals surface area contributed by atoms with Crippen LogP contribution in [-0.4, -0.2) is 14.7 Å². The molecule has 0 unspecified atom stereocenters. The highest BCUT2D eigenvalue weighted by Gasteiger charge is 2.33. The highest BCUT2D eigenvalue weighted by Crippen LogP contribution is 2.42. The van der Waals surface area contributed by atoms with E-state index in [0.29, 0.717) is 12.0 Å². The Bertz CT molecular complexity index is 969. The lowest BCUT2D eigenvalue weighted by atomic mass is 9.94. The van der Waals surface area contributed by atoms with Crippen molar-refractivity contribution in [1.82, 2.24) is 0 Å². The minimum absolute atomic E-state index is 0.207. The standard InChI is InChI=1S/C20H19F3O2S/c1-13-6-7-15(12-19(13)20(21,22)23)18-5-3-4-17(18)14-8-10-16(11-9-14)26(2,24)25/h6-12H,3-5H2,1-2H3. The summed E-state index contributed by atoms with van der Waals surface area (Å²) in [5.74, 6) is 0. The number of halogens is 3. The molecular weight excluding hydrogens is 361 g/mol. The summed E-state index contributed by atoms with van der Waals surface area (Å²) in [6.45, 7) is 1.46. The number of rotatable bonds is 3. The predicted molar refractivity (Wildman–Crippen MR) is 96.4 cm³/mol. The van der Waals surface area contributed by atoms with E-state index < -0.39 is 21.6 Å². The summed E-state index contributed by atoms with van der Waals surface area (Å²) in [7, 11) is -3.28. The van der Waals surface area contributed by atoms with Gasteiger partial charge in [0.1, 0.15) is 0 Å². The van der Waals surface area contributed by atoms with E-state index in [4.69, 9.17) is 0 Å². The number of sulfone groups is 1. The van der Waals surface area contributed by atoms with E-state index in [1.165, 1.54) is 19.1 Å². The number of aryl methyl sites for hydroxylation is 1. The molecule has 1 aliphatic rings. The van der Waals surface area contributed by atoms with E-state index in [1.54, 1.807) is 30.3 Å². The fraction of sp³-hybridized carbons (Fsp3) is 0.300. The largest absolute Gasteiger partial charge is 0.416 e. The molecule has 0 aliphatic heterocycles. The first-order valence-electron chi connectivity index (χ1n) is 8.28. The summed E-state index contributed by atoms with van der Waals surface area (Å²) < 4.78 is 62.8. The molecule has 0 aromatic heterocycles. The van der Waals surface area contributed by atoms with Crippen molar-refractivity contribution >= 4 is 21.0 Å². The maximum Gasteiger partial charge on any atom is 0.416 e. The third kappa shape index (κ3) is 3.70. The molecule has 0 bridgehead atoms. The molecule has 0 N–H and O–H groups in total. The van der Waals surface area contributed by atoms with Crippen molar-refractivity contribution in [2.24, 2.45) is 0 Å². The molecule has 0 fully saturated rings. The SMILES string of the molecule is Cc1ccc(C2=C(c3ccc(S(C)(=O)=O)cc3)CCC2)cc1C(F)(F)F. The molecule has 0 spiro atoms. The molecule has 0 saturated carbocycles. The summed E-state index contributed by atoms with van der Waals surface area (Å²) in [5.41, 5.74) is 2.94. The topological polar surface area (TPSA) is 34.1 Å². The van der Waals surface area contributed by atoms with Crippen LogP contribution in [0, 0.1) is 6.92 Å². The van der Waals surface area contributed by atoms with Gasteiger partial charge in [-0.2, -0.15) is 13.2 Å². The van der Waals surface area contributed by atoms with Crippen molar-refractivity contribution < 1.29 is 21.6 Å². The Balaban J connectivity index is 2.07. The first-order valence-corrected chi connectivity index (χ1v) is 10.2. The lowest BCUT2D eigenvalue weighted by Crippen LogP contribution is -2.08. The molecular formula is C20H19F3O2S. The van der Waals surface area contributed by atoms with Crippen LogP contribution in [0.25, 0.3) is 11.1 Å². The number of allylic oxidation sites excluding steroid dienone is 2. The van der Waals surface area contributed by atoms with Crippen molar-refractivity contribution in [3.05, 3.63) is 64.7 Å². The summed E-state index contributed by atoms with van der Waals surface area (Å²) >= 11 is 0. The molecule has 0 heterocycles. The Morgan fingerprint density at radius 1 is 0.885 bits per heavy atom. The molecule has 0 amide bonds. The lowest BCUT2D eigenvalue weighted by molar-refractivity contribution is -0.138. The van der Waals surface area contributed by atoms with Crippen LogP contribution >= 0.6 is 0 Å². The third-order valence-electron chi connectivity index (χ3n) is 4.74. The first-order chi connectivity index (χ1) is 12.1. The van der Waals surface area contributed by atoms with Gasteiger partial charge in [-0.05, 0) is 72.2 Å². The second-order valence-electron chi connectivity index (χ2n) is 6.63. The van der Waals surface area contributed by atoms with E-state index in [2.05, 4.69) is 0 Å². The maximum absolute atomic E-state index is 13.2. The van der Waals surface area contributed by atoms with Crippen LogP contribution in [0.2, 0.25) is 0 Å². The van der Waals surface area contributed by atoms with Crippen LogP contribution in [0.15, 0.2) is 47.4 Å². The van der Waals surface area contributed by atoms with E-state index in [-0.39, 0.29) is 10.5 Å². The molecule has 1 aliphatic carbocycles. The van der Waals surface area contributed by atoms with Gasteiger partial charge in [-0.25, -0.2) is 8.42 Å². The van der Waals surface area contributed by atoms with Crippen LogP contribution in [0.3, 0.4) is 0 Å². The molecule has 3 rings (SSSR count). The minimum atomic E-state index is -4.38. The van der Waals surface area contributed by atoms with Gasteiger partial charge >= 0.3 is 6.18 Å². The number of hydrogen-bond donors (Lipinski definition) is 0. The lowest BCUT2D eigenvalue weighted by Gasteiger charge is -2.14. The van der Waals surface area contributed by atoms with Gasteiger partial charge in [0.15, 0.2) is 9.84 Å².